The SMILES string of the molecule is CC1(C)c2ccccc2N(c2ccc3c4c2c(=O)c2c(N5c6ccccc6C(C)(C)c6ccccc65)ccc(c2-4)c3=O)c2ccccc21. The van der Waals surface area contributed by atoms with E-state index in [9.17, 15) is 4.79 Å². The number of benzene rings is 6. The molecule has 0 unspecified atom stereocenters. The van der Waals surface area contributed by atoms with Gasteiger partial charge in [0.25, 0.3) is 0 Å². The van der Waals surface area contributed by atoms with Gasteiger partial charge in [-0.05, 0) is 70.8 Å². The molecule has 10 rings (SSSR count). The van der Waals surface area contributed by atoms with E-state index in [4.69, 9.17) is 0 Å². The molecule has 0 N–H and O–H groups in total. The van der Waals surface area contributed by atoms with Gasteiger partial charge in [-0.25, -0.2) is 0 Å². The van der Waals surface area contributed by atoms with Crippen LogP contribution in [0.5, 0.6) is 0 Å². The molecule has 2 heterocycles. The second-order valence-corrected chi connectivity index (χ2v) is 14.4. The van der Waals surface area contributed by atoms with Crippen LogP contribution in [0.1, 0.15) is 49.9 Å². The molecule has 48 heavy (non-hydrogen) atoms. The van der Waals surface area contributed by atoms with Crippen LogP contribution in [0.2, 0.25) is 0 Å². The molecular weight excluding hydrogens is 588 g/mol. The topological polar surface area (TPSA) is 40.6 Å². The van der Waals surface area contributed by atoms with Gasteiger partial charge in [0, 0.05) is 32.7 Å². The van der Waals surface area contributed by atoms with Crippen molar-refractivity contribution >= 4 is 55.7 Å². The lowest BCUT2D eigenvalue weighted by molar-refractivity contribution is 0.632. The van der Waals surface area contributed by atoms with Gasteiger partial charge in [0.1, 0.15) is 0 Å². The van der Waals surface area contributed by atoms with Crippen LogP contribution in [-0.4, -0.2) is 0 Å². The van der Waals surface area contributed by atoms with Crippen molar-refractivity contribution < 1.29 is 0 Å². The average molecular weight is 621 g/mol. The van der Waals surface area contributed by atoms with Gasteiger partial charge in [-0.3, -0.25) is 9.59 Å². The predicted octanol–water partition coefficient (Wildman–Crippen LogP) is 10.3. The fraction of sp³-hybridized carbons (Fsp3) is 0.136. The predicted molar refractivity (Wildman–Crippen MR) is 198 cm³/mol. The van der Waals surface area contributed by atoms with Gasteiger partial charge in [-0.1, -0.05) is 100 Å². The van der Waals surface area contributed by atoms with Crippen LogP contribution >= 0.6 is 0 Å². The molecule has 0 amide bonds. The largest absolute Gasteiger partial charge is 0.309 e. The Morgan fingerprint density at radius 3 is 1.02 bits per heavy atom. The lowest BCUT2D eigenvalue weighted by Gasteiger charge is -2.42. The zero-order valence-electron chi connectivity index (χ0n) is 27.3. The van der Waals surface area contributed by atoms with Crippen LogP contribution in [0.25, 0.3) is 32.7 Å². The van der Waals surface area contributed by atoms with E-state index < -0.39 is 0 Å². The van der Waals surface area contributed by atoms with Crippen molar-refractivity contribution in [1.82, 2.24) is 0 Å². The van der Waals surface area contributed by atoms with Crippen molar-refractivity contribution in [3.8, 4) is 11.1 Å². The van der Waals surface area contributed by atoms with Gasteiger partial charge < -0.3 is 9.80 Å². The molecule has 0 bridgehead atoms. The maximum Gasteiger partial charge on any atom is 0.198 e. The number of hydrogen-bond donors (Lipinski definition) is 0. The fourth-order valence-corrected chi connectivity index (χ4v) is 9.04. The maximum absolute atomic E-state index is 15.2. The van der Waals surface area contributed by atoms with Crippen LogP contribution in [0.3, 0.4) is 0 Å². The van der Waals surface area contributed by atoms with Crippen LogP contribution in [0, 0.1) is 0 Å². The summed E-state index contributed by atoms with van der Waals surface area (Å²) in [7, 11) is 0. The van der Waals surface area contributed by atoms with Crippen LogP contribution in [0.15, 0.2) is 131 Å². The molecule has 4 nitrogen and oxygen atoms in total. The summed E-state index contributed by atoms with van der Waals surface area (Å²) in [5.74, 6) is 0. The number of rotatable bonds is 2. The zero-order valence-corrected chi connectivity index (χ0v) is 27.3. The average Bonchev–Trinajstić information content (AvgIpc) is 3.57. The smallest absolute Gasteiger partial charge is 0.198 e. The summed E-state index contributed by atoms with van der Waals surface area (Å²) in [6.07, 6.45) is 0. The highest BCUT2D eigenvalue weighted by atomic mass is 16.1. The zero-order chi connectivity index (χ0) is 32.7. The van der Waals surface area contributed by atoms with Crippen molar-refractivity contribution in [2.45, 2.75) is 38.5 Å². The Labute approximate surface area is 278 Å². The third kappa shape index (κ3) is 3.15. The maximum atomic E-state index is 15.2. The molecule has 6 aromatic carbocycles. The minimum Gasteiger partial charge on any atom is -0.309 e. The molecule has 0 aromatic heterocycles. The molecule has 0 saturated carbocycles. The second kappa shape index (κ2) is 8.99. The van der Waals surface area contributed by atoms with Crippen molar-refractivity contribution in [2.24, 2.45) is 0 Å². The van der Waals surface area contributed by atoms with E-state index in [0.29, 0.717) is 21.5 Å². The van der Waals surface area contributed by atoms with Gasteiger partial charge >= 0.3 is 0 Å². The van der Waals surface area contributed by atoms with Gasteiger partial charge in [0.2, 0.25) is 0 Å². The molecule has 2 aliphatic carbocycles. The molecule has 0 radical (unpaired) electrons. The number of para-hydroxylation sites is 4. The summed E-state index contributed by atoms with van der Waals surface area (Å²) >= 11 is 0. The summed E-state index contributed by atoms with van der Waals surface area (Å²) < 4.78 is 0. The molecular formula is C44H32N2O2. The van der Waals surface area contributed by atoms with E-state index in [2.05, 4.69) is 135 Å². The Kier molecular flexibility index (Phi) is 5.13. The first kappa shape index (κ1) is 27.4. The highest BCUT2D eigenvalue weighted by Crippen LogP contribution is 2.57. The number of anilines is 6. The Hall–Kier alpha value is -5.74. The first-order valence-corrected chi connectivity index (χ1v) is 16.6. The minimum atomic E-state index is -0.229. The normalized spacial score (nSPS) is 15.9. The van der Waals surface area contributed by atoms with E-state index in [-0.39, 0.29) is 21.7 Å². The minimum absolute atomic E-state index is 0.0192. The number of nitrogens with zero attached hydrogens (tertiary/aromatic N) is 2. The third-order valence-electron chi connectivity index (χ3n) is 11.3. The van der Waals surface area contributed by atoms with E-state index >= 15 is 4.79 Å². The summed E-state index contributed by atoms with van der Waals surface area (Å²) in [5.41, 5.74) is 11.6. The first-order chi connectivity index (χ1) is 23.2. The molecule has 4 aliphatic rings. The highest BCUT2D eigenvalue weighted by molar-refractivity contribution is 6.24. The third-order valence-corrected chi connectivity index (χ3v) is 11.3. The molecule has 0 spiro atoms. The Balaban J connectivity index is 1.32. The van der Waals surface area contributed by atoms with Crippen LogP contribution in [-0.2, 0) is 10.8 Å². The molecule has 0 atom stereocenters. The van der Waals surface area contributed by atoms with E-state index in [1.54, 1.807) is 0 Å². The highest BCUT2D eigenvalue weighted by Gasteiger charge is 2.41. The molecule has 230 valence electrons. The summed E-state index contributed by atoms with van der Waals surface area (Å²) in [5, 5.41) is 2.41. The Bertz CT molecular complexity index is 2410. The first-order valence-electron chi connectivity index (χ1n) is 16.6. The molecule has 0 saturated heterocycles. The van der Waals surface area contributed by atoms with Gasteiger partial charge in [0.05, 0.1) is 44.9 Å². The second-order valence-electron chi connectivity index (χ2n) is 14.4. The van der Waals surface area contributed by atoms with Crippen molar-refractivity contribution in [3.05, 3.63) is 164 Å². The lowest BCUT2D eigenvalue weighted by Crippen LogP contribution is -2.31. The van der Waals surface area contributed by atoms with Gasteiger partial charge in [-0.15, -0.1) is 0 Å². The lowest BCUT2D eigenvalue weighted by atomic mass is 9.73. The van der Waals surface area contributed by atoms with Gasteiger partial charge in [-0.2, -0.15) is 0 Å². The molecule has 0 fully saturated rings. The fourth-order valence-electron chi connectivity index (χ4n) is 9.04. The standard InChI is InChI=1S/C44H32N2O2/c1-43(2)27-13-5-9-17-31(27)45(32-18-10-6-14-28(32)43)35-23-21-25-37-38-26(41(25)47)22-24-36(40(38)42(48)39(35)37)46-33-19-11-7-15-29(33)44(3,4)30-16-8-12-20-34(30)46/h5-24H,1-4H3. The van der Waals surface area contributed by atoms with Crippen molar-refractivity contribution in [2.75, 3.05) is 9.80 Å². The van der Waals surface area contributed by atoms with Crippen LogP contribution < -0.4 is 20.7 Å². The Morgan fingerprint density at radius 2 is 0.688 bits per heavy atom. The van der Waals surface area contributed by atoms with E-state index in [1.807, 2.05) is 24.3 Å². The summed E-state index contributed by atoms with van der Waals surface area (Å²) in [6, 6.07) is 41.7. The summed E-state index contributed by atoms with van der Waals surface area (Å²) in [4.78, 5) is 33.7. The summed E-state index contributed by atoms with van der Waals surface area (Å²) in [6.45, 7) is 9.05. The van der Waals surface area contributed by atoms with Gasteiger partial charge in [0.15, 0.2) is 10.9 Å². The number of fused-ring (bicyclic) bond motifs is 4. The van der Waals surface area contributed by atoms with Crippen molar-refractivity contribution in [1.29, 1.82) is 0 Å². The van der Waals surface area contributed by atoms with Crippen LogP contribution in [0.4, 0.5) is 34.1 Å². The molecule has 6 aromatic rings. The van der Waals surface area contributed by atoms with E-state index in [1.165, 1.54) is 22.3 Å². The monoisotopic (exact) mass is 620 g/mol. The Morgan fingerprint density at radius 1 is 0.375 bits per heavy atom. The quantitative estimate of drug-likeness (QED) is 0.193. The number of hydrogen-bond acceptors (Lipinski definition) is 4. The molecule has 4 heteroatoms. The van der Waals surface area contributed by atoms with E-state index in [0.717, 1.165) is 45.3 Å². The van der Waals surface area contributed by atoms with Crippen molar-refractivity contribution in [3.63, 3.8) is 0 Å². The molecule has 2 aliphatic heterocycles.